The number of imide groups is 1. The summed E-state index contributed by atoms with van der Waals surface area (Å²) < 4.78 is 16.9. The van der Waals surface area contributed by atoms with Crippen molar-refractivity contribution in [1.82, 2.24) is 5.32 Å². The van der Waals surface area contributed by atoms with E-state index < -0.39 is 40.8 Å². The van der Waals surface area contributed by atoms with Crippen molar-refractivity contribution in [3.05, 3.63) is 95.6 Å². The number of carbonyl (C=O) groups excluding carboxylic acids is 3. The number of nitrogens with one attached hydrogen (secondary N) is 1. The van der Waals surface area contributed by atoms with Crippen molar-refractivity contribution in [2.24, 2.45) is 0 Å². The zero-order valence-electron chi connectivity index (χ0n) is 24.0. The Labute approximate surface area is 235 Å². The lowest BCUT2D eigenvalue weighted by Gasteiger charge is -2.38. The highest BCUT2D eigenvalue weighted by Gasteiger charge is 2.60. The summed E-state index contributed by atoms with van der Waals surface area (Å²) in [6.07, 6.45) is -1.52. The molecule has 0 fully saturated rings. The second-order valence-corrected chi connectivity index (χ2v) is 11.7. The largest absolute Gasteiger partial charge is 0.497 e. The molecule has 0 aliphatic carbocycles. The number of amides is 3. The molecule has 3 aromatic carbocycles. The monoisotopic (exact) mass is 544 g/mol. The Morgan fingerprint density at radius 2 is 1.40 bits per heavy atom. The van der Waals surface area contributed by atoms with Crippen LogP contribution in [-0.2, 0) is 19.7 Å². The van der Waals surface area contributed by atoms with Crippen LogP contribution in [0.25, 0.3) is 0 Å². The van der Waals surface area contributed by atoms with Gasteiger partial charge in [-0.05, 0) is 70.9 Å². The molecule has 3 amide bonds. The Bertz CT molecular complexity index is 1390. The summed E-state index contributed by atoms with van der Waals surface area (Å²) in [6, 6.07) is 22.4. The average molecular weight is 545 g/mol. The van der Waals surface area contributed by atoms with Gasteiger partial charge in [0.15, 0.2) is 0 Å². The van der Waals surface area contributed by atoms with Crippen molar-refractivity contribution in [1.29, 1.82) is 0 Å². The van der Waals surface area contributed by atoms with Crippen molar-refractivity contribution in [2.45, 2.75) is 64.2 Å². The first-order valence-electron chi connectivity index (χ1n) is 13.1. The number of hydrogen-bond donors (Lipinski definition) is 1. The van der Waals surface area contributed by atoms with Crippen LogP contribution in [0.4, 0.5) is 15.3 Å². The number of fused-ring (bicyclic) bond motifs is 1. The molecule has 0 aromatic heterocycles. The second-order valence-electron chi connectivity index (χ2n) is 11.7. The normalized spacial score (nSPS) is 17.6. The maximum atomic E-state index is 14.9. The van der Waals surface area contributed by atoms with Crippen LogP contribution in [0.2, 0.25) is 0 Å². The van der Waals surface area contributed by atoms with Gasteiger partial charge < -0.3 is 19.5 Å². The third kappa shape index (κ3) is 5.52. The molecule has 4 rings (SSSR count). The highest BCUT2D eigenvalue weighted by atomic mass is 16.6. The van der Waals surface area contributed by atoms with Gasteiger partial charge in [0, 0.05) is 5.56 Å². The SMILES string of the molecule is COc1ccc2c(c1)C(c1ccccc1)([C@@H](NC(=O)OC(C)(C)C)c1ccccc1)C(=O)N2C(=O)OC(C)(C)C. The third-order valence-electron chi connectivity index (χ3n) is 6.44. The lowest BCUT2D eigenvalue weighted by Crippen LogP contribution is -2.53. The number of ether oxygens (including phenoxy) is 3. The van der Waals surface area contributed by atoms with E-state index in [1.165, 1.54) is 7.11 Å². The van der Waals surface area contributed by atoms with Gasteiger partial charge in [-0.25, -0.2) is 14.5 Å². The highest BCUT2D eigenvalue weighted by molar-refractivity contribution is 6.23. The topological polar surface area (TPSA) is 94.2 Å². The molecule has 1 aliphatic rings. The zero-order valence-corrected chi connectivity index (χ0v) is 24.0. The van der Waals surface area contributed by atoms with Gasteiger partial charge in [0.25, 0.3) is 5.91 Å². The predicted octanol–water partition coefficient (Wildman–Crippen LogP) is 6.53. The van der Waals surface area contributed by atoms with Gasteiger partial charge in [-0.2, -0.15) is 0 Å². The molecule has 40 heavy (non-hydrogen) atoms. The first-order valence-corrected chi connectivity index (χ1v) is 13.1. The van der Waals surface area contributed by atoms with Gasteiger partial charge in [-0.3, -0.25) is 4.79 Å². The molecule has 1 aliphatic heterocycles. The Kier molecular flexibility index (Phi) is 7.65. The Hall–Kier alpha value is -4.33. The first kappa shape index (κ1) is 28.7. The van der Waals surface area contributed by atoms with E-state index >= 15 is 0 Å². The van der Waals surface area contributed by atoms with Crippen molar-refractivity contribution in [3.8, 4) is 5.75 Å². The van der Waals surface area contributed by atoms with Crippen LogP contribution >= 0.6 is 0 Å². The number of benzene rings is 3. The summed E-state index contributed by atoms with van der Waals surface area (Å²) in [4.78, 5) is 42.9. The molecular formula is C32H36N2O6. The van der Waals surface area contributed by atoms with Crippen LogP contribution in [0.1, 0.15) is 64.3 Å². The van der Waals surface area contributed by atoms with Crippen molar-refractivity contribution >= 4 is 23.8 Å². The molecule has 8 heteroatoms. The quantitative estimate of drug-likeness (QED) is 0.393. The summed E-state index contributed by atoms with van der Waals surface area (Å²) >= 11 is 0. The van der Waals surface area contributed by atoms with E-state index in [-0.39, 0.29) is 0 Å². The Morgan fingerprint density at radius 3 is 1.95 bits per heavy atom. The molecule has 1 N–H and O–H groups in total. The summed E-state index contributed by atoms with van der Waals surface area (Å²) in [5, 5.41) is 2.99. The van der Waals surface area contributed by atoms with Gasteiger partial charge in [0.2, 0.25) is 0 Å². The molecule has 2 atom stereocenters. The van der Waals surface area contributed by atoms with Gasteiger partial charge in [0.05, 0.1) is 18.8 Å². The van der Waals surface area contributed by atoms with E-state index in [1.54, 1.807) is 59.7 Å². The molecule has 3 aromatic rings. The maximum absolute atomic E-state index is 14.9. The first-order chi connectivity index (χ1) is 18.8. The minimum absolute atomic E-state index is 0.343. The fraction of sp³-hybridized carbons (Fsp3) is 0.344. The van der Waals surface area contributed by atoms with Crippen LogP contribution in [0.5, 0.6) is 5.75 Å². The van der Waals surface area contributed by atoms with Crippen molar-refractivity contribution < 1.29 is 28.6 Å². The number of hydrogen-bond acceptors (Lipinski definition) is 6. The molecule has 0 spiro atoms. The standard InChI is InChI=1S/C32H36N2O6/c1-30(2,3)39-28(36)33-26(21-14-10-8-11-15-21)32(22-16-12-9-13-17-22)24-20-23(38-7)18-19-25(24)34(27(32)35)29(37)40-31(4,5)6/h8-20,26H,1-7H3,(H,33,36)/t26-,32?/m0/s1. The Balaban J connectivity index is 2.05. The fourth-order valence-corrected chi connectivity index (χ4v) is 4.98. The molecule has 0 saturated carbocycles. The maximum Gasteiger partial charge on any atom is 0.421 e. The number of nitrogens with zero attached hydrogens (tertiary/aromatic N) is 1. The molecule has 0 bridgehead atoms. The summed E-state index contributed by atoms with van der Waals surface area (Å²) in [7, 11) is 1.53. The molecule has 8 nitrogen and oxygen atoms in total. The van der Waals surface area contributed by atoms with E-state index in [0.717, 1.165) is 4.90 Å². The lowest BCUT2D eigenvalue weighted by molar-refractivity contribution is -0.122. The van der Waals surface area contributed by atoms with Crippen LogP contribution in [0.15, 0.2) is 78.9 Å². The fourth-order valence-electron chi connectivity index (χ4n) is 4.98. The van der Waals surface area contributed by atoms with Gasteiger partial charge in [0.1, 0.15) is 22.4 Å². The lowest BCUT2D eigenvalue weighted by atomic mass is 9.67. The predicted molar refractivity (Wildman–Crippen MR) is 152 cm³/mol. The molecule has 0 saturated heterocycles. The third-order valence-corrected chi connectivity index (χ3v) is 6.44. The van der Waals surface area contributed by atoms with Gasteiger partial charge in [-0.1, -0.05) is 60.7 Å². The minimum Gasteiger partial charge on any atom is -0.497 e. The minimum atomic E-state index is -1.58. The number of anilines is 1. The Morgan fingerprint density at radius 1 is 0.825 bits per heavy atom. The van der Waals surface area contributed by atoms with Crippen LogP contribution in [0.3, 0.4) is 0 Å². The number of rotatable bonds is 5. The highest BCUT2D eigenvalue weighted by Crippen LogP contribution is 2.54. The average Bonchev–Trinajstić information content (AvgIpc) is 3.14. The molecule has 1 unspecified atom stereocenters. The number of methoxy groups -OCH3 is 1. The van der Waals surface area contributed by atoms with E-state index in [0.29, 0.717) is 28.1 Å². The molecular weight excluding hydrogens is 508 g/mol. The molecule has 1 heterocycles. The van der Waals surface area contributed by atoms with Crippen molar-refractivity contribution in [2.75, 3.05) is 12.0 Å². The molecule has 0 radical (unpaired) electrons. The van der Waals surface area contributed by atoms with E-state index in [4.69, 9.17) is 14.2 Å². The van der Waals surface area contributed by atoms with E-state index in [9.17, 15) is 14.4 Å². The summed E-state index contributed by atoms with van der Waals surface area (Å²) in [5.41, 5.74) is -1.17. The smallest absolute Gasteiger partial charge is 0.421 e. The number of carbonyl (C=O) groups is 3. The number of alkyl carbamates (subject to hydrolysis) is 1. The van der Waals surface area contributed by atoms with Gasteiger partial charge in [-0.15, -0.1) is 0 Å². The summed E-state index contributed by atoms with van der Waals surface area (Å²) in [5.74, 6) is -0.0805. The van der Waals surface area contributed by atoms with Gasteiger partial charge >= 0.3 is 12.2 Å². The summed E-state index contributed by atoms with van der Waals surface area (Å²) in [6.45, 7) is 10.5. The van der Waals surface area contributed by atoms with Crippen LogP contribution in [-0.4, -0.2) is 36.4 Å². The van der Waals surface area contributed by atoms with E-state index in [1.807, 2.05) is 60.7 Å². The van der Waals surface area contributed by atoms with Crippen molar-refractivity contribution in [3.63, 3.8) is 0 Å². The zero-order chi connectivity index (χ0) is 29.3. The van der Waals surface area contributed by atoms with Crippen LogP contribution < -0.4 is 15.0 Å². The van der Waals surface area contributed by atoms with Crippen LogP contribution in [0, 0.1) is 0 Å². The van der Waals surface area contributed by atoms with E-state index in [2.05, 4.69) is 5.32 Å². The molecule has 210 valence electrons. The second kappa shape index (κ2) is 10.7.